The Morgan fingerprint density at radius 1 is 1.29 bits per heavy atom. The number of rotatable bonds is 5. The Labute approximate surface area is 141 Å². The highest BCUT2D eigenvalue weighted by Crippen LogP contribution is 2.19. The van der Waals surface area contributed by atoms with Crippen LogP contribution in [0.15, 0.2) is 42.7 Å². The summed E-state index contributed by atoms with van der Waals surface area (Å²) in [5.41, 5.74) is 2.17. The van der Waals surface area contributed by atoms with E-state index in [4.69, 9.17) is 0 Å². The molecule has 2 heterocycles. The number of nitrogens with zero attached hydrogens (tertiary/aromatic N) is 4. The van der Waals surface area contributed by atoms with Gasteiger partial charge in [-0.05, 0) is 5.56 Å². The van der Waals surface area contributed by atoms with Gasteiger partial charge in [0, 0.05) is 45.4 Å². The lowest BCUT2D eigenvalue weighted by Crippen LogP contribution is -2.33. The van der Waals surface area contributed by atoms with Crippen LogP contribution in [0.1, 0.15) is 17.5 Å². The summed E-state index contributed by atoms with van der Waals surface area (Å²) in [6, 6.07) is 10.1. The molecule has 1 aliphatic rings. The van der Waals surface area contributed by atoms with E-state index in [0.29, 0.717) is 26.1 Å². The van der Waals surface area contributed by atoms with Crippen LogP contribution >= 0.6 is 0 Å². The molecular formula is C18H22N4O2. The minimum Gasteiger partial charge on any atom is -0.345 e. The molecule has 1 aromatic carbocycles. The summed E-state index contributed by atoms with van der Waals surface area (Å²) >= 11 is 0. The number of aromatic nitrogens is 2. The molecule has 6 nitrogen and oxygen atoms in total. The third-order valence-corrected chi connectivity index (χ3v) is 4.36. The molecular weight excluding hydrogens is 304 g/mol. The first kappa shape index (κ1) is 16.2. The maximum Gasteiger partial charge on any atom is 0.228 e. The van der Waals surface area contributed by atoms with Crippen LogP contribution in [0.3, 0.4) is 0 Å². The first-order valence-corrected chi connectivity index (χ1v) is 8.07. The van der Waals surface area contributed by atoms with Gasteiger partial charge in [-0.3, -0.25) is 14.3 Å². The molecule has 1 aromatic heterocycles. The zero-order chi connectivity index (χ0) is 17.1. The molecule has 0 saturated carbocycles. The summed E-state index contributed by atoms with van der Waals surface area (Å²) < 4.78 is 1.87. The van der Waals surface area contributed by atoms with Gasteiger partial charge in [-0.1, -0.05) is 30.3 Å². The SMILES string of the molecule is CN1C[C@@H](C(=O)N(C)Cc2cnn(Cc3ccccc3)c2)CC1=O. The van der Waals surface area contributed by atoms with E-state index in [1.807, 2.05) is 29.1 Å². The van der Waals surface area contributed by atoms with E-state index in [9.17, 15) is 9.59 Å². The van der Waals surface area contributed by atoms with Crippen LogP contribution in [-0.2, 0) is 22.7 Å². The number of carbonyl (C=O) groups excluding carboxylic acids is 2. The van der Waals surface area contributed by atoms with Crippen molar-refractivity contribution in [1.29, 1.82) is 0 Å². The van der Waals surface area contributed by atoms with Crippen molar-refractivity contribution in [2.45, 2.75) is 19.5 Å². The van der Waals surface area contributed by atoms with Crippen molar-refractivity contribution in [3.63, 3.8) is 0 Å². The highest BCUT2D eigenvalue weighted by Gasteiger charge is 2.33. The van der Waals surface area contributed by atoms with Crippen molar-refractivity contribution in [3.8, 4) is 0 Å². The van der Waals surface area contributed by atoms with Gasteiger partial charge in [-0.15, -0.1) is 0 Å². The van der Waals surface area contributed by atoms with Crippen molar-refractivity contribution in [2.24, 2.45) is 5.92 Å². The van der Waals surface area contributed by atoms with Crippen molar-refractivity contribution in [2.75, 3.05) is 20.6 Å². The van der Waals surface area contributed by atoms with Crippen molar-refractivity contribution >= 4 is 11.8 Å². The lowest BCUT2D eigenvalue weighted by molar-refractivity contribution is -0.135. The molecule has 24 heavy (non-hydrogen) atoms. The molecule has 3 rings (SSSR count). The first-order valence-electron chi connectivity index (χ1n) is 8.07. The van der Waals surface area contributed by atoms with E-state index < -0.39 is 0 Å². The van der Waals surface area contributed by atoms with Gasteiger partial charge in [0.25, 0.3) is 0 Å². The van der Waals surface area contributed by atoms with E-state index in [0.717, 1.165) is 5.56 Å². The monoisotopic (exact) mass is 326 g/mol. The predicted octanol–water partition coefficient (Wildman–Crippen LogP) is 1.37. The molecule has 0 spiro atoms. The van der Waals surface area contributed by atoms with Crippen molar-refractivity contribution in [1.82, 2.24) is 19.6 Å². The van der Waals surface area contributed by atoms with Crippen LogP contribution < -0.4 is 0 Å². The molecule has 6 heteroatoms. The Kier molecular flexibility index (Phi) is 4.64. The summed E-state index contributed by atoms with van der Waals surface area (Å²) in [7, 11) is 3.52. The molecule has 0 unspecified atom stereocenters. The Morgan fingerprint density at radius 3 is 2.71 bits per heavy atom. The first-order chi connectivity index (χ1) is 11.5. The fourth-order valence-corrected chi connectivity index (χ4v) is 3.04. The minimum atomic E-state index is -0.230. The average molecular weight is 326 g/mol. The van der Waals surface area contributed by atoms with Gasteiger partial charge in [0.15, 0.2) is 0 Å². The lowest BCUT2D eigenvalue weighted by Gasteiger charge is -2.20. The quantitative estimate of drug-likeness (QED) is 0.834. The zero-order valence-electron chi connectivity index (χ0n) is 14.1. The Morgan fingerprint density at radius 2 is 2.04 bits per heavy atom. The molecule has 1 atom stereocenters. The van der Waals surface area contributed by atoms with Gasteiger partial charge in [-0.2, -0.15) is 5.10 Å². The minimum absolute atomic E-state index is 0.0171. The Hall–Kier alpha value is -2.63. The molecule has 0 bridgehead atoms. The predicted molar refractivity (Wildman–Crippen MR) is 90.0 cm³/mol. The van der Waals surface area contributed by atoms with E-state index in [2.05, 4.69) is 17.2 Å². The standard InChI is InChI=1S/C18H22N4O2/c1-20-13-16(8-17(20)23)18(24)21(2)10-15-9-19-22(12-15)11-14-6-4-3-5-7-14/h3-7,9,12,16H,8,10-11,13H2,1-2H3/t16-/m0/s1. The zero-order valence-corrected chi connectivity index (χ0v) is 14.1. The van der Waals surface area contributed by atoms with Gasteiger partial charge < -0.3 is 9.80 Å². The van der Waals surface area contributed by atoms with Crippen LogP contribution in [0, 0.1) is 5.92 Å². The number of hydrogen-bond donors (Lipinski definition) is 0. The highest BCUT2D eigenvalue weighted by molar-refractivity contribution is 5.89. The van der Waals surface area contributed by atoms with Gasteiger partial charge in [0.1, 0.15) is 0 Å². The van der Waals surface area contributed by atoms with Gasteiger partial charge in [0.2, 0.25) is 11.8 Å². The third-order valence-electron chi connectivity index (χ3n) is 4.36. The summed E-state index contributed by atoms with van der Waals surface area (Å²) in [5.74, 6) is -0.173. The number of hydrogen-bond acceptors (Lipinski definition) is 3. The number of amides is 2. The fourth-order valence-electron chi connectivity index (χ4n) is 3.04. The number of likely N-dealkylation sites (tertiary alicyclic amines) is 1. The summed E-state index contributed by atoms with van der Waals surface area (Å²) in [6.45, 7) is 1.72. The second-order valence-electron chi connectivity index (χ2n) is 6.40. The smallest absolute Gasteiger partial charge is 0.228 e. The van der Waals surface area contributed by atoms with Crippen LogP contribution in [0.5, 0.6) is 0 Å². The number of carbonyl (C=O) groups is 2. The van der Waals surface area contributed by atoms with Gasteiger partial charge in [0.05, 0.1) is 18.7 Å². The topological polar surface area (TPSA) is 58.4 Å². The van der Waals surface area contributed by atoms with Gasteiger partial charge >= 0.3 is 0 Å². The van der Waals surface area contributed by atoms with Crippen molar-refractivity contribution < 1.29 is 9.59 Å². The fraction of sp³-hybridized carbons (Fsp3) is 0.389. The molecule has 0 radical (unpaired) electrons. The van der Waals surface area contributed by atoms with E-state index in [-0.39, 0.29) is 17.7 Å². The molecule has 2 amide bonds. The second kappa shape index (κ2) is 6.86. The summed E-state index contributed by atoms with van der Waals surface area (Å²) in [6.07, 6.45) is 4.06. The number of benzene rings is 1. The van der Waals surface area contributed by atoms with Crippen molar-refractivity contribution in [3.05, 3.63) is 53.9 Å². The summed E-state index contributed by atoms with van der Waals surface area (Å²) in [5, 5.41) is 4.36. The molecule has 2 aromatic rings. The van der Waals surface area contributed by atoms with E-state index in [1.54, 1.807) is 30.1 Å². The normalized spacial score (nSPS) is 17.3. The Bertz CT molecular complexity index is 726. The molecule has 126 valence electrons. The van der Waals surface area contributed by atoms with Crippen LogP contribution in [0.4, 0.5) is 0 Å². The summed E-state index contributed by atoms with van der Waals surface area (Å²) in [4.78, 5) is 27.3. The third kappa shape index (κ3) is 3.64. The molecule has 0 N–H and O–H groups in total. The maximum absolute atomic E-state index is 12.5. The van der Waals surface area contributed by atoms with Crippen LogP contribution in [-0.4, -0.2) is 52.0 Å². The average Bonchev–Trinajstić information content (AvgIpc) is 3.14. The van der Waals surface area contributed by atoms with E-state index >= 15 is 0 Å². The molecule has 1 saturated heterocycles. The van der Waals surface area contributed by atoms with Gasteiger partial charge in [-0.25, -0.2) is 0 Å². The van der Waals surface area contributed by atoms with Crippen LogP contribution in [0.25, 0.3) is 0 Å². The molecule has 1 aliphatic heterocycles. The Balaban J connectivity index is 1.58. The van der Waals surface area contributed by atoms with Crippen LogP contribution in [0.2, 0.25) is 0 Å². The largest absolute Gasteiger partial charge is 0.345 e. The second-order valence-corrected chi connectivity index (χ2v) is 6.40. The molecule has 0 aliphatic carbocycles. The molecule has 1 fully saturated rings. The maximum atomic E-state index is 12.5. The highest BCUT2D eigenvalue weighted by atomic mass is 16.2. The van der Waals surface area contributed by atoms with E-state index in [1.165, 1.54) is 5.56 Å². The lowest BCUT2D eigenvalue weighted by atomic mass is 10.1.